The van der Waals surface area contributed by atoms with Crippen LogP contribution in [0, 0.1) is 0 Å². The van der Waals surface area contributed by atoms with E-state index in [1.165, 1.54) is 22.5 Å². The van der Waals surface area contributed by atoms with E-state index in [0.29, 0.717) is 5.69 Å². The third kappa shape index (κ3) is 4.90. The van der Waals surface area contributed by atoms with Gasteiger partial charge in [0, 0.05) is 18.0 Å². The zero-order valence-electron chi connectivity index (χ0n) is 14.2. The summed E-state index contributed by atoms with van der Waals surface area (Å²) >= 11 is 12.0. The molecule has 26 heavy (non-hydrogen) atoms. The predicted molar refractivity (Wildman–Crippen MR) is 104 cm³/mol. The molecule has 0 aliphatic heterocycles. The number of rotatable bonds is 8. The number of anilines is 1. The molecule has 1 N–H and O–H groups in total. The van der Waals surface area contributed by atoms with Gasteiger partial charge in [-0.2, -0.15) is 0 Å². The van der Waals surface area contributed by atoms with Crippen molar-refractivity contribution >= 4 is 44.9 Å². The molecule has 0 saturated carbocycles. The topological polar surface area (TPSA) is 74.7 Å². The molecule has 0 spiro atoms. The highest BCUT2D eigenvalue weighted by Crippen LogP contribution is 2.31. The summed E-state index contributed by atoms with van der Waals surface area (Å²) in [5.74, 6) is -0.982. The Morgan fingerprint density at radius 3 is 2.35 bits per heavy atom. The van der Waals surface area contributed by atoms with Crippen molar-refractivity contribution in [3.8, 4) is 0 Å². The molecule has 0 saturated heterocycles. The number of halogens is 2. The van der Waals surface area contributed by atoms with E-state index in [0.717, 1.165) is 12.0 Å². The predicted octanol–water partition coefficient (Wildman–Crippen LogP) is 4.62. The van der Waals surface area contributed by atoms with Gasteiger partial charge >= 0.3 is 5.97 Å². The summed E-state index contributed by atoms with van der Waals surface area (Å²) in [6.07, 6.45) is 0.858. The van der Waals surface area contributed by atoms with Crippen molar-refractivity contribution in [1.82, 2.24) is 0 Å². The van der Waals surface area contributed by atoms with Crippen LogP contribution in [0.4, 0.5) is 5.69 Å². The molecule has 0 radical (unpaired) electrons. The van der Waals surface area contributed by atoms with Crippen LogP contribution in [0.5, 0.6) is 0 Å². The Hall–Kier alpha value is -1.76. The van der Waals surface area contributed by atoms with Crippen molar-refractivity contribution < 1.29 is 18.3 Å². The molecule has 140 valence electrons. The standard InChI is InChI=1S/C18H19Cl2NO4S/c1-2-13-5-8-15(9-6-13)21(11-3-4-18(22)23)26(24,25)17-12-14(19)7-10-16(17)20/h5-10,12H,2-4,11H2,1H3,(H,22,23). The normalized spacial score (nSPS) is 11.3. The van der Waals surface area contributed by atoms with Gasteiger partial charge in [-0.25, -0.2) is 8.42 Å². The van der Waals surface area contributed by atoms with Gasteiger partial charge in [0.2, 0.25) is 0 Å². The van der Waals surface area contributed by atoms with E-state index in [2.05, 4.69) is 0 Å². The van der Waals surface area contributed by atoms with Gasteiger partial charge in [0.1, 0.15) is 4.90 Å². The molecule has 0 aromatic heterocycles. The zero-order valence-corrected chi connectivity index (χ0v) is 16.5. The first-order chi connectivity index (χ1) is 12.3. The van der Waals surface area contributed by atoms with Crippen molar-refractivity contribution in [1.29, 1.82) is 0 Å². The van der Waals surface area contributed by atoms with Crippen molar-refractivity contribution in [2.45, 2.75) is 31.1 Å². The molecule has 0 amide bonds. The molecule has 2 aromatic carbocycles. The van der Waals surface area contributed by atoms with Gasteiger partial charge in [-0.3, -0.25) is 9.10 Å². The Morgan fingerprint density at radius 2 is 1.77 bits per heavy atom. The van der Waals surface area contributed by atoms with Crippen molar-refractivity contribution in [3.05, 3.63) is 58.1 Å². The molecule has 8 heteroatoms. The molecule has 0 heterocycles. The summed E-state index contributed by atoms with van der Waals surface area (Å²) in [6.45, 7) is 2.02. The number of aryl methyl sites for hydroxylation is 1. The van der Waals surface area contributed by atoms with E-state index >= 15 is 0 Å². The lowest BCUT2D eigenvalue weighted by Crippen LogP contribution is -2.32. The van der Waals surface area contributed by atoms with Gasteiger partial charge in [0.25, 0.3) is 10.0 Å². The Labute approximate surface area is 163 Å². The summed E-state index contributed by atoms with van der Waals surface area (Å²) in [5.41, 5.74) is 1.51. The average Bonchev–Trinajstić information content (AvgIpc) is 2.60. The largest absolute Gasteiger partial charge is 0.481 e. The van der Waals surface area contributed by atoms with Gasteiger partial charge in [0.15, 0.2) is 0 Å². The van der Waals surface area contributed by atoms with E-state index in [1.54, 1.807) is 12.1 Å². The fourth-order valence-electron chi connectivity index (χ4n) is 2.45. The smallest absolute Gasteiger partial charge is 0.303 e. The fraction of sp³-hybridized carbons (Fsp3) is 0.278. The lowest BCUT2D eigenvalue weighted by atomic mass is 10.1. The van der Waals surface area contributed by atoms with Crippen LogP contribution in [0.25, 0.3) is 0 Å². The molecular weight excluding hydrogens is 397 g/mol. The number of hydrogen-bond acceptors (Lipinski definition) is 3. The van der Waals surface area contributed by atoms with E-state index < -0.39 is 16.0 Å². The maximum Gasteiger partial charge on any atom is 0.303 e. The Balaban J connectivity index is 2.46. The van der Waals surface area contributed by atoms with Crippen LogP contribution in [0.15, 0.2) is 47.4 Å². The molecule has 2 rings (SSSR count). The van der Waals surface area contributed by atoms with Crippen LogP contribution >= 0.6 is 23.2 Å². The van der Waals surface area contributed by atoms with Crippen LogP contribution in [0.3, 0.4) is 0 Å². The molecule has 0 unspecified atom stereocenters. The van der Waals surface area contributed by atoms with Crippen LogP contribution in [0.1, 0.15) is 25.3 Å². The number of carboxylic acids is 1. The number of carboxylic acid groups (broad SMARTS) is 1. The Morgan fingerprint density at radius 1 is 1.12 bits per heavy atom. The molecule has 0 aliphatic carbocycles. The van der Waals surface area contributed by atoms with Crippen molar-refractivity contribution in [2.24, 2.45) is 0 Å². The molecule has 0 atom stereocenters. The monoisotopic (exact) mass is 415 g/mol. The number of nitrogens with zero attached hydrogens (tertiary/aromatic N) is 1. The summed E-state index contributed by atoms with van der Waals surface area (Å²) in [4.78, 5) is 10.7. The van der Waals surface area contributed by atoms with Crippen molar-refractivity contribution in [2.75, 3.05) is 10.8 Å². The van der Waals surface area contributed by atoms with Crippen molar-refractivity contribution in [3.63, 3.8) is 0 Å². The Kier molecular flexibility index (Phi) is 6.92. The minimum Gasteiger partial charge on any atom is -0.481 e. The first-order valence-corrected chi connectivity index (χ1v) is 10.2. The number of carbonyl (C=O) groups is 1. The number of hydrogen-bond donors (Lipinski definition) is 1. The molecule has 5 nitrogen and oxygen atoms in total. The average molecular weight is 416 g/mol. The van der Waals surface area contributed by atoms with Gasteiger partial charge in [-0.05, 0) is 48.7 Å². The van der Waals surface area contributed by atoms with Crippen LogP contribution in [-0.4, -0.2) is 26.0 Å². The highest BCUT2D eigenvalue weighted by molar-refractivity contribution is 7.93. The summed E-state index contributed by atoms with van der Waals surface area (Å²) in [6, 6.07) is 11.3. The van der Waals surface area contributed by atoms with Crippen LogP contribution in [0.2, 0.25) is 10.0 Å². The number of aliphatic carboxylic acids is 1. The lowest BCUT2D eigenvalue weighted by molar-refractivity contribution is -0.137. The highest BCUT2D eigenvalue weighted by atomic mass is 35.5. The molecule has 0 fully saturated rings. The van der Waals surface area contributed by atoms with Gasteiger partial charge < -0.3 is 5.11 Å². The van der Waals surface area contributed by atoms with Crippen LogP contribution in [-0.2, 0) is 21.2 Å². The minimum absolute atomic E-state index is 0.0168. The van der Waals surface area contributed by atoms with E-state index in [9.17, 15) is 13.2 Å². The summed E-state index contributed by atoms with van der Waals surface area (Å²) in [7, 11) is -4.00. The zero-order chi connectivity index (χ0) is 19.3. The van der Waals surface area contributed by atoms with Crippen LogP contribution < -0.4 is 4.31 Å². The van der Waals surface area contributed by atoms with Gasteiger partial charge in [-0.1, -0.05) is 42.3 Å². The Bertz CT molecular complexity index is 883. The molecular formula is C18H19Cl2NO4S. The summed E-state index contributed by atoms with van der Waals surface area (Å²) < 4.78 is 27.5. The SMILES string of the molecule is CCc1ccc(N(CCCC(=O)O)S(=O)(=O)c2cc(Cl)ccc2Cl)cc1. The molecule has 0 bridgehead atoms. The molecule has 2 aromatic rings. The fourth-order valence-corrected chi connectivity index (χ4v) is 4.70. The minimum atomic E-state index is -4.00. The quantitative estimate of drug-likeness (QED) is 0.682. The first-order valence-electron chi connectivity index (χ1n) is 8.04. The highest BCUT2D eigenvalue weighted by Gasteiger charge is 2.27. The maximum absolute atomic E-state index is 13.2. The second-order valence-electron chi connectivity index (χ2n) is 5.67. The van der Waals surface area contributed by atoms with E-state index in [4.69, 9.17) is 28.3 Å². The second-order valence-corrected chi connectivity index (χ2v) is 8.34. The molecule has 0 aliphatic rings. The third-order valence-electron chi connectivity index (χ3n) is 3.85. The van der Waals surface area contributed by atoms with Gasteiger partial charge in [0.05, 0.1) is 10.7 Å². The second kappa shape index (κ2) is 8.75. The van der Waals surface area contributed by atoms with E-state index in [1.807, 2.05) is 19.1 Å². The number of benzene rings is 2. The maximum atomic E-state index is 13.2. The third-order valence-corrected chi connectivity index (χ3v) is 6.39. The van der Waals surface area contributed by atoms with Gasteiger partial charge in [-0.15, -0.1) is 0 Å². The lowest BCUT2D eigenvalue weighted by Gasteiger charge is -2.25. The number of sulfonamides is 1. The first kappa shape index (κ1) is 20.6. The van der Waals surface area contributed by atoms with E-state index in [-0.39, 0.29) is 34.3 Å². The summed E-state index contributed by atoms with van der Waals surface area (Å²) in [5, 5.41) is 9.17.